The third kappa shape index (κ3) is 3.51. The lowest BCUT2D eigenvalue weighted by Gasteiger charge is -2.08. The van der Waals surface area contributed by atoms with Crippen LogP contribution in [-0.2, 0) is 6.54 Å². The number of benzene rings is 2. The maximum absolute atomic E-state index is 13.5. The molecule has 0 amide bonds. The van der Waals surface area contributed by atoms with E-state index >= 15 is 0 Å². The maximum atomic E-state index is 13.5. The van der Waals surface area contributed by atoms with Crippen molar-refractivity contribution in [3.05, 3.63) is 59.4 Å². The maximum Gasteiger partial charge on any atom is 0.338 e. The van der Waals surface area contributed by atoms with Crippen LogP contribution in [0, 0.1) is 5.82 Å². The van der Waals surface area contributed by atoms with Crippen molar-refractivity contribution in [2.75, 3.05) is 11.6 Å². The average molecular weight is 291 g/mol. The van der Waals surface area contributed by atoms with Crippen molar-refractivity contribution in [2.45, 2.75) is 11.4 Å². The van der Waals surface area contributed by atoms with Gasteiger partial charge in [-0.1, -0.05) is 12.1 Å². The van der Waals surface area contributed by atoms with Crippen LogP contribution in [0.25, 0.3) is 0 Å². The first kappa shape index (κ1) is 14.4. The molecule has 2 aromatic carbocycles. The molecule has 0 saturated carbocycles. The molecule has 0 saturated heterocycles. The minimum atomic E-state index is -1.25. The molecule has 0 unspecified atom stereocenters. The summed E-state index contributed by atoms with van der Waals surface area (Å²) in [6.07, 6.45) is 2.00. The molecule has 0 bridgehead atoms. The first-order valence-corrected chi connectivity index (χ1v) is 7.22. The number of rotatable bonds is 5. The molecule has 2 rings (SSSR count). The normalized spacial score (nSPS) is 10.3. The molecule has 0 aliphatic carbocycles. The molecule has 0 radical (unpaired) electrons. The Hall–Kier alpha value is -2.01. The molecule has 0 aliphatic rings. The second kappa shape index (κ2) is 6.43. The van der Waals surface area contributed by atoms with Crippen molar-refractivity contribution in [1.82, 2.24) is 0 Å². The molecule has 20 heavy (non-hydrogen) atoms. The van der Waals surface area contributed by atoms with E-state index in [1.54, 1.807) is 17.8 Å². The summed E-state index contributed by atoms with van der Waals surface area (Å²) in [4.78, 5) is 11.9. The first-order chi connectivity index (χ1) is 9.60. The van der Waals surface area contributed by atoms with Gasteiger partial charge in [0.25, 0.3) is 0 Å². The van der Waals surface area contributed by atoms with Gasteiger partial charge < -0.3 is 10.4 Å². The molecule has 0 aromatic heterocycles. The van der Waals surface area contributed by atoms with Crippen LogP contribution < -0.4 is 5.32 Å². The highest BCUT2D eigenvalue weighted by atomic mass is 32.2. The van der Waals surface area contributed by atoms with E-state index in [1.165, 1.54) is 12.1 Å². The number of thioether (sulfide) groups is 1. The van der Waals surface area contributed by atoms with Gasteiger partial charge in [-0.3, -0.25) is 0 Å². The second-order valence-electron chi connectivity index (χ2n) is 4.20. The van der Waals surface area contributed by atoms with Crippen molar-refractivity contribution in [2.24, 2.45) is 0 Å². The highest BCUT2D eigenvalue weighted by Crippen LogP contribution is 2.20. The van der Waals surface area contributed by atoms with Gasteiger partial charge in [-0.05, 0) is 42.2 Å². The quantitative estimate of drug-likeness (QED) is 0.821. The number of hydrogen-bond acceptors (Lipinski definition) is 3. The van der Waals surface area contributed by atoms with E-state index in [0.29, 0.717) is 12.1 Å². The Morgan fingerprint density at radius 3 is 2.75 bits per heavy atom. The summed E-state index contributed by atoms with van der Waals surface area (Å²) < 4.78 is 13.5. The van der Waals surface area contributed by atoms with Crippen molar-refractivity contribution in [1.29, 1.82) is 0 Å². The van der Waals surface area contributed by atoms with Gasteiger partial charge in [-0.2, -0.15) is 0 Å². The highest BCUT2D eigenvalue weighted by molar-refractivity contribution is 7.98. The Balaban J connectivity index is 2.07. The van der Waals surface area contributed by atoms with E-state index in [0.717, 1.165) is 10.6 Å². The minimum Gasteiger partial charge on any atom is -0.478 e. The number of halogens is 1. The monoisotopic (exact) mass is 291 g/mol. The van der Waals surface area contributed by atoms with E-state index in [1.807, 2.05) is 30.5 Å². The third-order valence-electron chi connectivity index (χ3n) is 2.83. The average Bonchev–Trinajstić information content (AvgIpc) is 2.45. The van der Waals surface area contributed by atoms with Gasteiger partial charge in [-0.25, -0.2) is 9.18 Å². The molecule has 104 valence electrons. The summed E-state index contributed by atoms with van der Waals surface area (Å²) >= 11 is 1.65. The fraction of sp³-hybridized carbons (Fsp3) is 0.133. The third-order valence-corrected chi connectivity index (χ3v) is 3.56. The Morgan fingerprint density at radius 2 is 2.10 bits per heavy atom. The zero-order valence-electron chi connectivity index (χ0n) is 10.9. The summed E-state index contributed by atoms with van der Waals surface area (Å²) in [5, 5.41) is 11.9. The zero-order valence-corrected chi connectivity index (χ0v) is 11.7. The van der Waals surface area contributed by atoms with E-state index < -0.39 is 11.8 Å². The van der Waals surface area contributed by atoms with Gasteiger partial charge in [0.15, 0.2) is 0 Å². The lowest BCUT2D eigenvalue weighted by atomic mass is 10.1. The van der Waals surface area contributed by atoms with Gasteiger partial charge in [0, 0.05) is 17.1 Å². The molecule has 0 heterocycles. The number of nitrogens with one attached hydrogen (secondary N) is 1. The molecule has 2 N–H and O–H groups in total. The summed E-state index contributed by atoms with van der Waals surface area (Å²) in [6, 6.07) is 12.0. The Labute approximate surface area is 120 Å². The van der Waals surface area contributed by atoms with Crippen molar-refractivity contribution >= 4 is 23.4 Å². The van der Waals surface area contributed by atoms with Crippen LogP contribution in [0.4, 0.5) is 10.1 Å². The van der Waals surface area contributed by atoms with Crippen molar-refractivity contribution < 1.29 is 14.3 Å². The van der Waals surface area contributed by atoms with Crippen molar-refractivity contribution in [3.8, 4) is 0 Å². The number of hydrogen-bond donors (Lipinski definition) is 2. The van der Waals surface area contributed by atoms with Crippen LogP contribution in [0.1, 0.15) is 15.9 Å². The Bertz CT molecular complexity index is 631. The summed E-state index contributed by atoms with van der Waals surface area (Å²) in [7, 11) is 0. The number of carboxylic acids is 1. The van der Waals surface area contributed by atoms with E-state index in [-0.39, 0.29) is 5.56 Å². The molecule has 0 atom stereocenters. The Morgan fingerprint density at radius 1 is 1.30 bits per heavy atom. The molecule has 3 nitrogen and oxygen atoms in total. The van der Waals surface area contributed by atoms with E-state index in [9.17, 15) is 9.18 Å². The van der Waals surface area contributed by atoms with Gasteiger partial charge in [-0.15, -0.1) is 11.8 Å². The van der Waals surface area contributed by atoms with Gasteiger partial charge in [0.2, 0.25) is 0 Å². The molecule has 0 spiro atoms. The van der Waals surface area contributed by atoms with Crippen molar-refractivity contribution in [3.63, 3.8) is 0 Å². The number of carboxylic acid groups (broad SMARTS) is 1. The predicted molar refractivity (Wildman–Crippen MR) is 78.9 cm³/mol. The SMILES string of the molecule is CSc1cccc(NCc2ccc(C(=O)O)c(F)c2)c1. The molecule has 0 fully saturated rings. The lowest BCUT2D eigenvalue weighted by molar-refractivity contribution is 0.0692. The highest BCUT2D eigenvalue weighted by Gasteiger charge is 2.10. The number of aromatic carboxylic acids is 1. The molecule has 2 aromatic rings. The largest absolute Gasteiger partial charge is 0.478 e. The fourth-order valence-electron chi connectivity index (χ4n) is 1.78. The minimum absolute atomic E-state index is 0.307. The zero-order chi connectivity index (χ0) is 14.5. The molecular weight excluding hydrogens is 277 g/mol. The molecule has 5 heteroatoms. The summed E-state index contributed by atoms with van der Waals surface area (Å²) in [5.41, 5.74) is 1.33. The Kier molecular flexibility index (Phi) is 4.63. The topological polar surface area (TPSA) is 49.3 Å². The summed E-state index contributed by atoms with van der Waals surface area (Å²) in [6.45, 7) is 0.439. The van der Waals surface area contributed by atoms with Crippen LogP contribution in [0.5, 0.6) is 0 Å². The molecular formula is C15H14FNO2S. The van der Waals surface area contributed by atoms with Gasteiger partial charge in [0.05, 0.1) is 5.56 Å². The summed E-state index contributed by atoms with van der Waals surface area (Å²) in [5.74, 6) is -1.97. The van der Waals surface area contributed by atoms with E-state index in [2.05, 4.69) is 5.32 Å². The standard InChI is InChI=1S/C15H14FNO2S/c1-20-12-4-2-3-11(8-12)17-9-10-5-6-13(15(18)19)14(16)7-10/h2-8,17H,9H2,1H3,(H,18,19). The van der Waals surface area contributed by atoms with Gasteiger partial charge in [0.1, 0.15) is 5.82 Å². The predicted octanol–water partition coefficient (Wildman–Crippen LogP) is 3.86. The first-order valence-electron chi connectivity index (χ1n) is 6.00. The molecule has 0 aliphatic heterocycles. The number of anilines is 1. The van der Waals surface area contributed by atoms with Crippen LogP contribution >= 0.6 is 11.8 Å². The van der Waals surface area contributed by atoms with Crippen LogP contribution in [0.2, 0.25) is 0 Å². The van der Waals surface area contributed by atoms with Crippen LogP contribution in [-0.4, -0.2) is 17.3 Å². The van der Waals surface area contributed by atoms with Gasteiger partial charge >= 0.3 is 5.97 Å². The second-order valence-corrected chi connectivity index (χ2v) is 5.08. The number of carbonyl (C=O) groups is 1. The van der Waals surface area contributed by atoms with E-state index in [4.69, 9.17) is 5.11 Å². The lowest BCUT2D eigenvalue weighted by Crippen LogP contribution is -2.04. The smallest absolute Gasteiger partial charge is 0.338 e. The van der Waals surface area contributed by atoms with Crippen LogP contribution in [0.15, 0.2) is 47.4 Å². The van der Waals surface area contributed by atoms with Crippen LogP contribution in [0.3, 0.4) is 0 Å². The fourth-order valence-corrected chi connectivity index (χ4v) is 2.24.